The minimum Gasteiger partial charge on any atom is -0.480 e. The lowest BCUT2D eigenvalue weighted by Gasteiger charge is -2.14. The molecule has 18 heavy (non-hydrogen) atoms. The minimum absolute atomic E-state index is 0.559. The van der Waals surface area contributed by atoms with Crippen molar-refractivity contribution in [1.29, 1.82) is 0 Å². The first-order valence-electron chi connectivity index (χ1n) is 5.11. The molecule has 7 heteroatoms. The highest BCUT2D eigenvalue weighted by Gasteiger charge is 2.18. The number of anilines is 1. The molecule has 0 heterocycles. The first-order valence-corrected chi connectivity index (χ1v) is 5.90. The van der Waals surface area contributed by atoms with Gasteiger partial charge in [0, 0.05) is 10.2 Å². The third-order valence-electron chi connectivity index (χ3n) is 2.23. The Labute approximate surface area is 112 Å². The zero-order valence-electron chi connectivity index (χ0n) is 9.61. The monoisotopic (exact) mass is 316 g/mol. The van der Waals surface area contributed by atoms with Crippen LogP contribution in [0.2, 0.25) is 0 Å². The van der Waals surface area contributed by atoms with E-state index in [1.165, 1.54) is 0 Å². The normalized spacial score (nSPS) is 11.7. The van der Waals surface area contributed by atoms with Crippen LogP contribution in [-0.2, 0) is 4.79 Å². The summed E-state index contributed by atoms with van der Waals surface area (Å²) in [6, 6.07) is 3.33. The Kier molecular flexibility index (Phi) is 5.11. The van der Waals surface area contributed by atoms with Gasteiger partial charge in [-0.1, -0.05) is 22.0 Å². The van der Waals surface area contributed by atoms with Crippen LogP contribution in [0.15, 0.2) is 22.7 Å². The number of carbonyl (C=O) groups is 2. The van der Waals surface area contributed by atoms with Crippen molar-refractivity contribution >= 4 is 33.6 Å². The Balaban J connectivity index is 2.70. The van der Waals surface area contributed by atoms with E-state index in [-0.39, 0.29) is 0 Å². The summed E-state index contributed by atoms with van der Waals surface area (Å²) >= 11 is 3.27. The molecule has 0 saturated carbocycles. The van der Waals surface area contributed by atoms with Gasteiger partial charge in [-0.2, -0.15) is 0 Å². The topological polar surface area (TPSA) is 98.7 Å². The lowest BCUT2D eigenvalue weighted by Crippen LogP contribution is -2.45. The molecule has 0 aromatic heterocycles. The number of aliphatic hydroxyl groups is 1. The van der Waals surface area contributed by atoms with Gasteiger partial charge in [0.2, 0.25) is 0 Å². The summed E-state index contributed by atoms with van der Waals surface area (Å²) < 4.78 is 0.792. The van der Waals surface area contributed by atoms with Crippen molar-refractivity contribution < 1.29 is 19.8 Å². The van der Waals surface area contributed by atoms with E-state index < -0.39 is 24.6 Å². The molecule has 0 bridgehead atoms. The molecular weight excluding hydrogens is 304 g/mol. The second-order valence-corrected chi connectivity index (χ2v) is 4.55. The van der Waals surface area contributed by atoms with E-state index in [1.54, 1.807) is 12.1 Å². The molecule has 4 N–H and O–H groups in total. The third-order valence-corrected chi connectivity index (χ3v) is 2.73. The summed E-state index contributed by atoms with van der Waals surface area (Å²) in [5, 5.41) is 22.1. The highest BCUT2D eigenvalue weighted by atomic mass is 79.9. The molecule has 98 valence electrons. The van der Waals surface area contributed by atoms with Gasteiger partial charge in [-0.05, 0) is 24.6 Å². The fraction of sp³-hybridized carbons (Fsp3) is 0.273. The number of halogens is 1. The lowest BCUT2D eigenvalue weighted by molar-refractivity contribution is -0.140. The van der Waals surface area contributed by atoms with Gasteiger partial charge in [-0.15, -0.1) is 0 Å². The molecule has 0 fully saturated rings. The highest BCUT2D eigenvalue weighted by molar-refractivity contribution is 9.10. The number of urea groups is 1. The number of aliphatic hydroxyl groups excluding tert-OH is 1. The van der Waals surface area contributed by atoms with Gasteiger partial charge in [0.15, 0.2) is 6.04 Å². The fourth-order valence-corrected chi connectivity index (χ4v) is 1.59. The Hall–Kier alpha value is -1.60. The summed E-state index contributed by atoms with van der Waals surface area (Å²) in [5.41, 5.74) is 1.40. The molecular formula is C11H13BrN2O4. The number of carboxylic acid groups (broad SMARTS) is 1. The van der Waals surface area contributed by atoms with Crippen LogP contribution in [0, 0.1) is 6.92 Å². The smallest absolute Gasteiger partial charge is 0.328 e. The fourth-order valence-electron chi connectivity index (χ4n) is 1.23. The average Bonchev–Trinajstić information content (AvgIpc) is 2.30. The van der Waals surface area contributed by atoms with Crippen LogP contribution in [0.25, 0.3) is 0 Å². The number of hydrogen-bond acceptors (Lipinski definition) is 3. The molecule has 0 aliphatic carbocycles. The average molecular weight is 317 g/mol. The number of amides is 2. The first-order chi connectivity index (χ1) is 8.43. The van der Waals surface area contributed by atoms with Crippen LogP contribution in [0.5, 0.6) is 0 Å². The van der Waals surface area contributed by atoms with Gasteiger partial charge >= 0.3 is 12.0 Å². The van der Waals surface area contributed by atoms with E-state index in [0.717, 1.165) is 10.0 Å². The van der Waals surface area contributed by atoms with Gasteiger partial charge in [0.25, 0.3) is 0 Å². The molecule has 0 saturated heterocycles. The third kappa shape index (κ3) is 4.01. The number of aliphatic carboxylic acids is 1. The second kappa shape index (κ2) is 6.36. The quantitative estimate of drug-likeness (QED) is 0.673. The van der Waals surface area contributed by atoms with E-state index in [4.69, 9.17) is 10.2 Å². The van der Waals surface area contributed by atoms with Crippen LogP contribution in [0.1, 0.15) is 5.56 Å². The molecule has 1 rings (SSSR count). The summed E-state index contributed by atoms with van der Waals surface area (Å²) in [4.78, 5) is 22.2. The zero-order valence-corrected chi connectivity index (χ0v) is 11.2. The van der Waals surface area contributed by atoms with Crippen molar-refractivity contribution in [2.75, 3.05) is 11.9 Å². The maximum atomic E-state index is 11.5. The van der Waals surface area contributed by atoms with Crippen molar-refractivity contribution in [3.05, 3.63) is 28.2 Å². The lowest BCUT2D eigenvalue weighted by atomic mass is 10.2. The summed E-state index contributed by atoms with van der Waals surface area (Å²) in [5.74, 6) is -1.29. The zero-order chi connectivity index (χ0) is 13.7. The molecule has 1 aromatic rings. The SMILES string of the molecule is Cc1ccc(Br)cc1NC(=O)N[C@H](CO)C(=O)O. The summed E-state index contributed by atoms with van der Waals surface area (Å²) in [6.07, 6.45) is 0. The van der Waals surface area contributed by atoms with Crippen LogP contribution >= 0.6 is 15.9 Å². The van der Waals surface area contributed by atoms with Crippen molar-refractivity contribution in [1.82, 2.24) is 5.32 Å². The van der Waals surface area contributed by atoms with Gasteiger partial charge < -0.3 is 20.8 Å². The highest BCUT2D eigenvalue weighted by Crippen LogP contribution is 2.20. The number of rotatable bonds is 4. The number of carbonyl (C=O) groups excluding carboxylic acids is 1. The molecule has 1 atom stereocenters. The predicted molar refractivity (Wildman–Crippen MR) is 69.5 cm³/mol. The number of hydrogen-bond donors (Lipinski definition) is 4. The van der Waals surface area contributed by atoms with Crippen LogP contribution in [0.3, 0.4) is 0 Å². The Morgan fingerprint density at radius 2 is 2.11 bits per heavy atom. The van der Waals surface area contributed by atoms with E-state index in [0.29, 0.717) is 5.69 Å². The van der Waals surface area contributed by atoms with Crippen LogP contribution in [0.4, 0.5) is 10.5 Å². The Morgan fingerprint density at radius 3 is 2.67 bits per heavy atom. The first kappa shape index (κ1) is 14.5. The number of benzene rings is 1. The van der Waals surface area contributed by atoms with Crippen molar-refractivity contribution in [3.8, 4) is 0 Å². The molecule has 0 aliphatic rings. The second-order valence-electron chi connectivity index (χ2n) is 3.63. The predicted octanol–water partition coefficient (Wildman–Crippen LogP) is 1.32. The van der Waals surface area contributed by atoms with E-state index in [9.17, 15) is 9.59 Å². The van der Waals surface area contributed by atoms with Crippen LogP contribution in [-0.4, -0.2) is 34.9 Å². The maximum Gasteiger partial charge on any atom is 0.328 e. The van der Waals surface area contributed by atoms with Gasteiger partial charge in [-0.25, -0.2) is 9.59 Å². The van der Waals surface area contributed by atoms with E-state index in [2.05, 4.69) is 26.6 Å². The number of nitrogens with one attached hydrogen (secondary N) is 2. The van der Waals surface area contributed by atoms with Crippen molar-refractivity contribution in [2.45, 2.75) is 13.0 Å². The largest absolute Gasteiger partial charge is 0.480 e. The van der Waals surface area contributed by atoms with E-state index in [1.807, 2.05) is 13.0 Å². The maximum absolute atomic E-state index is 11.5. The molecule has 0 unspecified atom stereocenters. The van der Waals surface area contributed by atoms with Crippen molar-refractivity contribution in [3.63, 3.8) is 0 Å². The number of aryl methyl sites for hydroxylation is 1. The molecule has 0 spiro atoms. The minimum atomic E-state index is -1.32. The van der Waals surface area contributed by atoms with Gasteiger partial charge in [0.1, 0.15) is 0 Å². The van der Waals surface area contributed by atoms with Crippen LogP contribution < -0.4 is 10.6 Å². The van der Waals surface area contributed by atoms with E-state index >= 15 is 0 Å². The van der Waals surface area contributed by atoms with Gasteiger partial charge in [0.05, 0.1) is 6.61 Å². The van der Waals surface area contributed by atoms with Gasteiger partial charge in [-0.3, -0.25) is 0 Å². The molecule has 0 radical (unpaired) electrons. The molecule has 2 amide bonds. The Morgan fingerprint density at radius 1 is 1.44 bits per heavy atom. The standard InChI is InChI=1S/C11H13BrN2O4/c1-6-2-3-7(12)4-8(6)13-11(18)14-9(5-15)10(16)17/h2-4,9,15H,5H2,1H3,(H,16,17)(H2,13,14,18)/t9-/m1/s1. The molecule has 6 nitrogen and oxygen atoms in total. The Bertz CT molecular complexity index is 464. The molecule has 1 aromatic carbocycles. The van der Waals surface area contributed by atoms with Crippen molar-refractivity contribution in [2.24, 2.45) is 0 Å². The molecule has 0 aliphatic heterocycles. The number of carboxylic acids is 1. The summed E-state index contributed by atoms with van der Waals surface area (Å²) in [7, 11) is 0. The summed E-state index contributed by atoms with van der Waals surface area (Å²) in [6.45, 7) is 1.14.